The second-order valence-corrected chi connectivity index (χ2v) is 6.38. The molecule has 2 aliphatic heterocycles. The van der Waals surface area contributed by atoms with Gasteiger partial charge in [0, 0.05) is 13.1 Å². The van der Waals surface area contributed by atoms with Gasteiger partial charge in [0.15, 0.2) is 0 Å². The van der Waals surface area contributed by atoms with Crippen LogP contribution in [0.15, 0.2) is 12.1 Å². The number of hydrogen-bond acceptors (Lipinski definition) is 3. The van der Waals surface area contributed by atoms with Crippen molar-refractivity contribution in [1.29, 1.82) is 0 Å². The van der Waals surface area contributed by atoms with Crippen LogP contribution < -0.4 is 5.32 Å². The lowest BCUT2D eigenvalue weighted by molar-refractivity contribution is -0.141. The number of hydrogen-bond donors (Lipinski definition) is 1. The highest BCUT2D eigenvalue weighted by molar-refractivity contribution is 5.95. The molecule has 0 saturated carbocycles. The minimum absolute atomic E-state index is 0.135. The molecule has 0 aliphatic carbocycles. The van der Waals surface area contributed by atoms with Crippen molar-refractivity contribution >= 4 is 5.91 Å². The first-order chi connectivity index (χ1) is 10.9. The third-order valence-electron chi connectivity index (χ3n) is 4.91. The van der Waals surface area contributed by atoms with Crippen molar-refractivity contribution in [3.63, 3.8) is 0 Å². The van der Waals surface area contributed by atoms with Crippen LogP contribution in [-0.2, 0) is 6.18 Å². The Morgan fingerprint density at radius 3 is 2.35 bits per heavy atom. The molecule has 0 bridgehead atoms. The summed E-state index contributed by atoms with van der Waals surface area (Å²) in [7, 11) is 0. The van der Waals surface area contributed by atoms with Gasteiger partial charge in [-0.25, -0.2) is 4.98 Å². The van der Waals surface area contributed by atoms with Gasteiger partial charge in [-0.1, -0.05) is 0 Å². The van der Waals surface area contributed by atoms with E-state index in [2.05, 4.69) is 10.3 Å². The SMILES string of the molecule is Cc1nc(C(F)(F)F)ccc1C(=O)N1CC[C@@H]2CNC[C@@H]2CC1. The predicted octanol–water partition coefficient (Wildman–Crippen LogP) is 2.48. The third kappa shape index (κ3) is 3.34. The standard InChI is InChI=1S/C16H20F3N3O/c1-10-13(2-3-14(21-10)16(17,18)19)15(23)22-6-4-11-8-20-9-12(11)5-7-22/h2-3,11-12,20H,4-9H2,1H3/t11-,12+. The van der Waals surface area contributed by atoms with Gasteiger partial charge in [0.2, 0.25) is 0 Å². The molecule has 4 nitrogen and oxygen atoms in total. The fourth-order valence-electron chi connectivity index (χ4n) is 3.54. The summed E-state index contributed by atoms with van der Waals surface area (Å²) >= 11 is 0. The highest BCUT2D eigenvalue weighted by Crippen LogP contribution is 2.30. The van der Waals surface area contributed by atoms with Crippen molar-refractivity contribution < 1.29 is 18.0 Å². The lowest BCUT2D eigenvalue weighted by Gasteiger charge is -2.22. The van der Waals surface area contributed by atoms with Crippen molar-refractivity contribution in [2.75, 3.05) is 26.2 Å². The van der Waals surface area contributed by atoms with Crippen LogP contribution in [0.3, 0.4) is 0 Å². The van der Waals surface area contributed by atoms with Gasteiger partial charge in [0.1, 0.15) is 5.69 Å². The molecule has 2 saturated heterocycles. The molecule has 0 spiro atoms. The molecular formula is C16H20F3N3O. The monoisotopic (exact) mass is 327 g/mol. The Labute approximate surface area is 133 Å². The molecule has 3 rings (SSSR count). The summed E-state index contributed by atoms with van der Waals surface area (Å²) in [5, 5.41) is 3.38. The van der Waals surface area contributed by atoms with Crippen LogP contribution >= 0.6 is 0 Å². The summed E-state index contributed by atoms with van der Waals surface area (Å²) in [6.45, 7) is 4.75. The zero-order chi connectivity index (χ0) is 16.6. The summed E-state index contributed by atoms with van der Waals surface area (Å²) < 4.78 is 38.0. The summed E-state index contributed by atoms with van der Waals surface area (Å²) in [5.74, 6) is 0.982. The van der Waals surface area contributed by atoms with Crippen LogP contribution in [0, 0.1) is 18.8 Å². The second-order valence-electron chi connectivity index (χ2n) is 6.38. The predicted molar refractivity (Wildman–Crippen MR) is 79.0 cm³/mol. The first-order valence-electron chi connectivity index (χ1n) is 7.91. The van der Waals surface area contributed by atoms with Crippen LogP contribution in [0.2, 0.25) is 0 Å². The molecule has 0 radical (unpaired) electrons. The Morgan fingerprint density at radius 2 is 1.83 bits per heavy atom. The minimum atomic E-state index is -4.49. The van der Waals surface area contributed by atoms with Crippen molar-refractivity contribution in [1.82, 2.24) is 15.2 Å². The van der Waals surface area contributed by atoms with Crippen molar-refractivity contribution in [2.45, 2.75) is 25.9 Å². The second kappa shape index (κ2) is 6.11. The van der Waals surface area contributed by atoms with Crippen molar-refractivity contribution in [3.8, 4) is 0 Å². The molecule has 2 atom stereocenters. The topological polar surface area (TPSA) is 45.2 Å². The molecule has 126 valence electrons. The van der Waals surface area contributed by atoms with Crippen LogP contribution in [-0.4, -0.2) is 42.0 Å². The fourth-order valence-corrected chi connectivity index (χ4v) is 3.54. The number of carbonyl (C=O) groups excluding carboxylic acids is 1. The summed E-state index contributed by atoms with van der Waals surface area (Å²) in [5.41, 5.74) is -0.554. The Hall–Kier alpha value is -1.63. The molecule has 1 aromatic rings. The first-order valence-corrected chi connectivity index (χ1v) is 7.91. The molecule has 0 unspecified atom stereocenters. The number of pyridine rings is 1. The molecule has 7 heteroatoms. The number of nitrogens with zero attached hydrogens (tertiary/aromatic N) is 2. The molecule has 1 N–H and O–H groups in total. The van der Waals surface area contributed by atoms with Gasteiger partial charge in [-0.3, -0.25) is 4.79 Å². The van der Waals surface area contributed by atoms with Crippen molar-refractivity contribution in [3.05, 3.63) is 29.1 Å². The zero-order valence-corrected chi connectivity index (χ0v) is 13.0. The van der Waals surface area contributed by atoms with E-state index in [0.717, 1.165) is 32.0 Å². The van der Waals surface area contributed by atoms with Crippen LogP contribution in [0.1, 0.15) is 34.6 Å². The lowest BCUT2D eigenvalue weighted by atomic mass is 9.92. The number of fused-ring (bicyclic) bond motifs is 1. The maximum atomic E-state index is 12.7. The van der Waals surface area contributed by atoms with Crippen LogP contribution in [0.4, 0.5) is 13.2 Å². The van der Waals surface area contributed by atoms with Gasteiger partial charge in [-0.05, 0) is 56.8 Å². The van der Waals surface area contributed by atoms with Crippen molar-refractivity contribution in [2.24, 2.45) is 11.8 Å². The fraction of sp³-hybridized carbons (Fsp3) is 0.625. The minimum Gasteiger partial charge on any atom is -0.339 e. The molecule has 2 fully saturated rings. The van der Waals surface area contributed by atoms with E-state index in [9.17, 15) is 18.0 Å². The number of amides is 1. The smallest absolute Gasteiger partial charge is 0.339 e. The highest BCUT2D eigenvalue weighted by atomic mass is 19.4. The van der Waals surface area contributed by atoms with Crippen LogP contribution in [0.5, 0.6) is 0 Å². The summed E-state index contributed by atoms with van der Waals surface area (Å²) in [6.07, 6.45) is -2.60. The number of rotatable bonds is 1. The molecule has 0 aromatic carbocycles. The maximum Gasteiger partial charge on any atom is 0.433 e. The largest absolute Gasteiger partial charge is 0.433 e. The molecule has 1 aromatic heterocycles. The number of halogens is 3. The number of nitrogens with one attached hydrogen (secondary N) is 1. The normalized spacial score (nSPS) is 25.1. The van der Waals surface area contributed by atoms with Gasteiger partial charge < -0.3 is 10.2 Å². The maximum absolute atomic E-state index is 12.7. The molecule has 2 aliphatic rings. The van der Waals surface area contributed by atoms with Gasteiger partial charge in [-0.2, -0.15) is 13.2 Å². The Balaban J connectivity index is 1.75. The number of likely N-dealkylation sites (tertiary alicyclic amines) is 1. The van der Waals surface area contributed by atoms with Gasteiger partial charge >= 0.3 is 6.18 Å². The van der Waals surface area contributed by atoms with E-state index in [4.69, 9.17) is 0 Å². The van der Waals surface area contributed by atoms with E-state index < -0.39 is 11.9 Å². The number of alkyl halides is 3. The van der Waals surface area contributed by atoms with Gasteiger partial charge in [0.25, 0.3) is 5.91 Å². The number of aromatic nitrogens is 1. The molecular weight excluding hydrogens is 307 g/mol. The number of aryl methyl sites for hydroxylation is 1. The Bertz CT molecular complexity index is 589. The van der Waals surface area contributed by atoms with E-state index >= 15 is 0 Å². The zero-order valence-electron chi connectivity index (χ0n) is 13.0. The number of carbonyl (C=O) groups is 1. The third-order valence-corrected chi connectivity index (χ3v) is 4.91. The average molecular weight is 327 g/mol. The van der Waals surface area contributed by atoms with E-state index in [0.29, 0.717) is 24.9 Å². The summed E-state index contributed by atoms with van der Waals surface area (Å²) in [4.78, 5) is 18.0. The molecule has 3 heterocycles. The van der Waals surface area contributed by atoms with E-state index in [1.54, 1.807) is 4.90 Å². The Kier molecular flexibility index (Phi) is 4.31. The Morgan fingerprint density at radius 1 is 1.22 bits per heavy atom. The van der Waals surface area contributed by atoms with E-state index in [1.165, 1.54) is 13.0 Å². The van der Waals surface area contributed by atoms with E-state index in [1.807, 2.05) is 0 Å². The molecule has 1 amide bonds. The molecule has 23 heavy (non-hydrogen) atoms. The van der Waals surface area contributed by atoms with E-state index in [-0.39, 0.29) is 17.2 Å². The van der Waals surface area contributed by atoms with Gasteiger partial charge in [-0.15, -0.1) is 0 Å². The first kappa shape index (κ1) is 16.2. The average Bonchev–Trinajstić information content (AvgIpc) is 2.84. The lowest BCUT2D eigenvalue weighted by Crippen LogP contribution is -2.33. The summed E-state index contributed by atoms with van der Waals surface area (Å²) in [6, 6.07) is 2.14. The highest BCUT2D eigenvalue weighted by Gasteiger charge is 2.34. The van der Waals surface area contributed by atoms with Crippen LogP contribution in [0.25, 0.3) is 0 Å². The van der Waals surface area contributed by atoms with Gasteiger partial charge in [0.05, 0.1) is 11.3 Å². The quantitative estimate of drug-likeness (QED) is 0.862.